The van der Waals surface area contributed by atoms with Gasteiger partial charge in [0.05, 0.1) is 0 Å². The second-order valence-electron chi connectivity index (χ2n) is 4.98. The molecule has 0 saturated heterocycles. The minimum Gasteiger partial charge on any atom is -0.488 e. The monoisotopic (exact) mass is 298 g/mol. The summed E-state index contributed by atoms with van der Waals surface area (Å²) in [6, 6.07) is 6.21. The zero-order valence-corrected chi connectivity index (χ0v) is 13.0. The van der Waals surface area contributed by atoms with Crippen molar-refractivity contribution < 1.29 is 14.2 Å². The summed E-state index contributed by atoms with van der Waals surface area (Å²) in [4.78, 5) is 2.36. The number of benzene rings is 1. The lowest BCUT2D eigenvalue weighted by atomic mass is 10.3. The number of nitrogens with zero attached hydrogens (tertiary/aromatic N) is 1. The first-order valence-corrected chi connectivity index (χ1v) is 7.65. The maximum Gasteiger partial charge on any atom is 0.165 e. The van der Waals surface area contributed by atoms with Crippen LogP contribution in [0.4, 0.5) is 4.39 Å². The Labute approximate surface area is 126 Å². The molecule has 0 spiro atoms. The molecule has 0 radical (unpaired) electrons. The largest absolute Gasteiger partial charge is 0.488 e. The van der Waals surface area contributed by atoms with Gasteiger partial charge < -0.3 is 20.1 Å². The number of aliphatic hydroxyl groups is 1. The van der Waals surface area contributed by atoms with Gasteiger partial charge in [-0.1, -0.05) is 26.0 Å². The zero-order valence-electron chi connectivity index (χ0n) is 13.0. The fourth-order valence-corrected chi connectivity index (χ4v) is 2.04. The molecule has 0 aliphatic rings. The molecule has 0 fully saturated rings. The van der Waals surface area contributed by atoms with Crippen molar-refractivity contribution in [3.63, 3.8) is 0 Å². The average molecular weight is 298 g/mol. The molecule has 1 atom stereocenters. The van der Waals surface area contributed by atoms with Gasteiger partial charge in [-0.05, 0) is 44.7 Å². The lowest BCUT2D eigenvalue weighted by Crippen LogP contribution is -2.33. The Hall–Kier alpha value is -1.17. The van der Waals surface area contributed by atoms with E-state index in [0.717, 1.165) is 32.6 Å². The Balaban J connectivity index is 2.09. The molecule has 0 saturated carbocycles. The number of rotatable bonds is 11. The van der Waals surface area contributed by atoms with Gasteiger partial charge in [-0.25, -0.2) is 4.39 Å². The third-order valence-electron chi connectivity index (χ3n) is 3.37. The molecule has 0 aliphatic heterocycles. The molecule has 1 aromatic rings. The van der Waals surface area contributed by atoms with Crippen LogP contribution in [-0.4, -0.2) is 55.4 Å². The second kappa shape index (κ2) is 10.5. The number of aliphatic hydroxyl groups excluding tert-OH is 1. The molecule has 0 bridgehead atoms. The molecule has 1 aromatic carbocycles. The number of hydrogen-bond donors (Lipinski definition) is 2. The van der Waals surface area contributed by atoms with Gasteiger partial charge in [-0.15, -0.1) is 0 Å². The third kappa shape index (κ3) is 7.41. The maximum absolute atomic E-state index is 13.3. The van der Waals surface area contributed by atoms with Crippen molar-refractivity contribution in [2.75, 3.05) is 39.3 Å². The number of hydrogen-bond acceptors (Lipinski definition) is 4. The van der Waals surface area contributed by atoms with Gasteiger partial charge in [0.15, 0.2) is 11.6 Å². The van der Waals surface area contributed by atoms with Crippen LogP contribution >= 0.6 is 0 Å². The Morgan fingerprint density at radius 3 is 2.67 bits per heavy atom. The van der Waals surface area contributed by atoms with Gasteiger partial charge in [0.2, 0.25) is 0 Å². The predicted molar refractivity (Wildman–Crippen MR) is 83.2 cm³/mol. The highest BCUT2D eigenvalue weighted by Gasteiger charge is 2.07. The van der Waals surface area contributed by atoms with E-state index in [1.165, 1.54) is 6.07 Å². The van der Waals surface area contributed by atoms with Crippen LogP contribution in [0.25, 0.3) is 0 Å². The number of nitrogens with one attached hydrogen (secondary N) is 1. The third-order valence-corrected chi connectivity index (χ3v) is 3.37. The van der Waals surface area contributed by atoms with Crippen molar-refractivity contribution in [2.24, 2.45) is 0 Å². The van der Waals surface area contributed by atoms with Crippen molar-refractivity contribution in [1.29, 1.82) is 0 Å². The first kappa shape index (κ1) is 17.9. The zero-order chi connectivity index (χ0) is 15.5. The van der Waals surface area contributed by atoms with Gasteiger partial charge in [-0.3, -0.25) is 0 Å². The Morgan fingerprint density at radius 2 is 2.00 bits per heavy atom. The van der Waals surface area contributed by atoms with Crippen LogP contribution < -0.4 is 10.1 Å². The molecule has 0 aliphatic carbocycles. The van der Waals surface area contributed by atoms with E-state index in [0.29, 0.717) is 6.54 Å². The second-order valence-corrected chi connectivity index (χ2v) is 4.98. The van der Waals surface area contributed by atoms with Crippen LogP contribution in [0.5, 0.6) is 5.75 Å². The molecular weight excluding hydrogens is 271 g/mol. The maximum atomic E-state index is 13.3. The Kier molecular flexibility index (Phi) is 8.98. The summed E-state index contributed by atoms with van der Waals surface area (Å²) in [5.41, 5.74) is 0. The summed E-state index contributed by atoms with van der Waals surface area (Å²) in [6.07, 6.45) is 0.404. The molecule has 4 nitrogen and oxygen atoms in total. The van der Waals surface area contributed by atoms with E-state index in [1.54, 1.807) is 18.2 Å². The molecule has 1 unspecified atom stereocenters. The summed E-state index contributed by atoms with van der Waals surface area (Å²) in [5, 5.41) is 13.0. The van der Waals surface area contributed by atoms with Crippen molar-refractivity contribution in [1.82, 2.24) is 10.2 Å². The molecule has 0 heterocycles. The minimum atomic E-state index is -0.641. The summed E-state index contributed by atoms with van der Waals surface area (Å²) >= 11 is 0. The van der Waals surface area contributed by atoms with E-state index in [-0.39, 0.29) is 12.4 Å². The van der Waals surface area contributed by atoms with Crippen molar-refractivity contribution in [3.05, 3.63) is 30.1 Å². The lowest BCUT2D eigenvalue weighted by molar-refractivity contribution is 0.104. The smallest absolute Gasteiger partial charge is 0.165 e. The lowest BCUT2D eigenvalue weighted by Gasteiger charge is -2.18. The van der Waals surface area contributed by atoms with Crippen molar-refractivity contribution >= 4 is 0 Å². The fraction of sp³-hybridized carbons (Fsp3) is 0.625. The van der Waals surface area contributed by atoms with E-state index in [2.05, 4.69) is 24.1 Å². The molecule has 1 rings (SSSR count). The quantitative estimate of drug-likeness (QED) is 0.612. The van der Waals surface area contributed by atoms with E-state index in [1.807, 2.05) is 0 Å². The van der Waals surface area contributed by atoms with E-state index in [9.17, 15) is 9.50 Å². The number of ether oxygens (including phenoxy) is 1. The minimum absolute atomic E-state index is 0.0873. The van der Waals surface area contributed by atoms with Crippen molar-refractivity contribution in [3.8, 4) is 5.75 Å². The van der Waals surface area contributed by atoms with Crippen LogP contribution in [0.3, 0.4) is 0 Å². The van der Waals surface area contributed by atoms with Crippen LogP contribution in [0.2, 0.25) is 0 Å². The molecule has 5 heteroatoms. The standard InChI is InChI=1S/C16H27FN2O2/c1-3-19(4-2)11-7-10-18-12-14(20)13-21-16-9-6-5-8-15(16)17/h5-6,8-9,14,18,20H,3-4,7,10-13H2,1-2H3. The highest BCUT2D eigenvalue weighted by molar-refractivity contribution is 5.23. The summed E-state index contributed by atoms with van der Waals surface area (Å²) in [5.74, 6) is -0.227. The van der Waals surface area contributed by atoms with E-state index in [4.69, 9.17) is 4.74 Å². The Morgan fingerprint density at radius 1 is 1.29 bits per heavy atom. The summed E-state index contributed by atoms with van der Waals surface area (Å²) < 4.78 is 18.6. The van der Waals surface area contributed by atoms with Gasteiger partial charge in [-0.2, -0.15) is 0 Å². The highest BCUT2D eigenvalue weighted by atomic mass is 19.1. The summed E-state index contributed by atoms with van der Waals surface area (Å²) in [7, 11) is 0. The van der Waals surface area contributed by atoms with E-state index < -0.39 is 11.9 Å². The molecular formula is C16H27FN2O2. The molecule has 0 aromatic heterocycles. The van der Waals surface area contributed by atoms with Crippen LogP contribution in [-0.2, 0) is 0 Å². The van der Waals surface area contributed by atoms with Gasteiger partial charge in [0, 0.05) is 6.54 Å². The highest BCUT2D eigenvalue weighted by Crippen LogP contribution is 2.15. The predicted octanol–water partition coefficient (Wildman–Crippen LogP) is 1.89. The van der Waals surface area contributed by atoms with Crippen LogP contribution in [0.15, 0.2) is 24.3 Å². The normalized spacial score (nSPS) is 12.6. The first-order valence-electron chi connectivity index (χ1n) is 7.65. The SMILES string of the molecule is CCN(CC)CCCNCC(O)COc1ccccc1F. The van der Waals surface area contributed by atoms with Crippen LogP contribution in [0.1, 0.15) is 20.3 Å². The van der Waals surface area contributed by atoms with Gasteiger partial charge in [0.25, 0.3) is 0 Å². The molecule has 2 N–H and O–H groups in total. The van der Waals surface area contributed by atoms with E-state index >= 15 is 0 Å². The number of halogens is 1. The van der Waals surface area contributed by atoms with Crippen LogP contribution in [0, 0.1) is 5.82 Å². The molecule has 0 amide bonds. The topological polar surface area (TPSA) is 44.7 Å². The summed E-state index contributed by atoms with van der Waals surface area (Å²) in [6.45, 7) is 8.89. The Bertz CT molecular complexity index is 386. The first-order chi connectivity index (χ1) is 10.2. The van der Waals surface area contributed by atoms with Gasteiger partial charge in [0.1, 0.15) is 12.7 Å². The molecule has 21 heavy (non-hydrogen) atoms. The van der Waals surface area contributed by atoms with Crippen molar-refractivity contribution in [2.45, 2.75) is 26.4 Å². The fourth-order valence-electron chi connectivity index (χ4n) is 2.04. The molecule has 120 valence electrons. The van der Waals surface area contributed by atoms with Gasteiger partial charge >= 0.3 is 0 Å². The number of para-hydroxylation sites is 1. The average Bonchev–Trinajstić information content (AvgIpc) is 2.50.